The molecule has 134 valence electrons. The lowest BCUT2D eigenvalue weighted by molar-refractivity contribution is 0.440. The zero-order valence-corrected chi connectivity index (χ0v) is 15.1. The molecule has 5 heteroatoms. The number of aromatic hydroxyl groups is 1. The van der Waals surface area contributed by atoms with Gasteiger partial charge in [-0.1, -0.05) is 43.7 Å². The third-order valence-electron chi connectivity index (χ3n) is 4.46. The van der Waals surface area contributed by atoms with Gasteiger partial charge in [0.1, 0.15) is 5.82 Å². The van der Waals surface area contributed by atoms with Gasteiger partial charge in [0.25, 0.3) is 5.56 Å². The molecule has 0 aliphatic carbocycles. The van der Waals surface area contributed by atoms with Crippen LogP contribution in [0.3, 0.4) is 0 Å². The third-order valence-corrected chi connectivity index (χ3v) is 4.46. The van der Waals surface area contributed by atoms with Gasteiger partial charge in [-0.2, -0.15) is 0 Å². The largest absolute Gasteiger partial charge is 0.493 e. The summed E-state index contributed by atoms with van der Waals surface area (Å²) >= 11 is 0. The minimum Gasteiger partial charge on any atom is -0.493 e. The van der Waals surface area contributed by atoms with Gasteiger partial charge >= 0.3 is 0 Å². The summed E-state index contributed by atoms with van der Waals surface area (Å²) in [5.41, 5.74) is 4.11. The fourth-order valence-electron chi connectivity index (χ4n) is 2.95. The van der Waals surface area contributed by atoms with Gasteiger partial charge in [0.15, 0.2) is 0 Å². The highest BCUT2D eigenvalue weighted by atomic mass is 16.3. The first-order valence-corrected chi connectivity index (χ1v) is 8.90. The molecule has 1 aromatic carbocycles. The summed E-state index contributed by atoms with van der Waals surface area (Å²) in [7, 11) is 0. The lowest BCUT2D eigenvalue weighted by Crippen LogP contribution is -2.17. The average molecular weight is 349 g/mol. The molecule has 3 rings (SSSR count). The van der Waals surface area contributed by atoms with Gasteiger partial charge in [-0.25, -0.2) is 4.98 Å². The first-order valence-electron chi connectivity index (χ1n) is 8.90. The molecule has 5 nitrogen and oxygen atoms in total. The summed E-state index contributed by atoms with van der Waals surface area (Å²) < 4.78 is 0. The lowest BCUT2D eigenvalue weighted by Gasteiger charge is -2.08. The number of nitrogens with one attached hydrogen (secondary N) is 1. The maximum absolute atomic E-state index is 12.3. The monoisotopic (exact) mass is 349 g/mol. The van der Waals surface area contributed by atoms with Crippen molar-refractivity contribution >= 4 is 0 Å². The molecular formula is C21H23N3O2. The van der Waals surface area contributed by atoms with Gasteiger partial charge in [-0.3, -0.25) is 9.78 Å². The second kappa shape index (κ2) is 7.95. The molecule has 0 saturated heterocycles. The van der Waals surface area contributed by atoms with E-state index < -0.39 is 0 Å². The molecule has 0 fully saturated rings. The molecule has 0 spiro atoms. The Labute approximate surface area is 152 Å². The molecule has 0 radical (unpaired) electrons. The molecule has 0 saturated carbocycles. The maximum atomic E-state index is 12.3. The highest BCUT2D eigenvalue weighted by molar-refractivity contribution is 5.65. The second-order valence-corrected chi connectivity index (χ2v) is 6.43. The quantitative estimate of drug-likeness (QED) is 0.710. The van der Waals surface area contributed by atoms with Gasteiger partial charge in [-0.15, -0.1) is 0 Å². The minimum atomic E-state index is -0.268. The van der Waals surface area contributed by atoms with Crippen LogP contribution in [-0.2, 0) is 12.8 Å². The van der Waals surface area contributed by atoms with Crippen molar-refractivity contribution in [3.8, 4) is 17.0 Å². The maximum Gasteiger partial charge on any atom is 0.258 e. The number of benzene rings is 1. The average Bonchev–Trinajstić information content (AvgIpc) is 2.64. The van der Waals surface area contributed by atoms with Gasteiger partial charge in [0.2, 0.25) is 5.88 Å². The van der Waals surface area contributed by atoms with E-state index in [-0.39, 0.29) is 11.4 Å². The van der Waals surface area contributed by atoms with Crippen LogP contribution < -0.4 is 5.56 Å². The van der Waals surface area contributed by atoms with Crippen LogP contribution in [-0.4, -0.2) is 20.1 Å². The van der Waals surface area contributed by atoms with Crippen molar-refractivity contribution in [1.82, 2.24) is 15.0 Å². The number of rotatable bonds is 6. The molecule has 0 amide bonds. The predicted octanol–water partition coefficient (Wildman–Crippen LogP) is 3.78. The first kappa shape index (κ1) is 17.9. The molecule has 0 atom stereocenters. The minimum absolute atomic E-state index is 0.174. The van der Waals surface area contributed by atoms with Crippen molar-refractivity contribution in [3.63, 3.8) is 0 Å². The molecule has 2 aromatic heterocycles. The molecule has 2 heterocycles. The molecular weight excluding hydrogens is 326 g/mol. The normalized spacial score (nSPS) is 10.8. The number of aromatic amines is 1. The summed E-state index contributed by atoms with van der Waals surface area (Å²) in [6, 6.07) is 11.9. The fraction of sp³-hybridized carbons (Fsp3) is 0.286. The van der Waals surface area contributed by atoms with E-state index in [1.165, 1.54) is 0 Å². The molecule has 3 aromatic rings. The number of aromatic nitrogens is 3. The van der Waals surface area contributed by atoms with E-state index in [4.69, 9.17) is 0 Å². The Kier molecular flexibility index (Phi) is 5.46. The molecule has 0 aliphatic heterocycles. The van der Waals surface area contributed by atoms with Crippen LogP contribution in [0.5, 0.6) is 5.88 Å². The van der Waals surface area contributed by atoms with Gasteiger partial charge < -0.3 is 10.1 Å². The Bertz CT molecular complexity index is 946. The SMILES string of the molecule is CCCCc1nc(O)c(Cc2ccc(-c3cccnc3C)cc2)c(=O)[nH]1. The molecule has 0 bridgehead atoms. The summed E-state index contributed by atoms with van der Waals surface area (Å²) in [4.78, 5) is 23.5. The van der Waals surface area contributed by atoms with Crippen LogP contribution >= 0.6 is 0 Å². The number of hydrogen-bond acceptors (Lipinski definition) is 4. The number of unbranched alkanes of at least 4 members (excludes halogenated alkanes) is 1. The molecule has 0 aliphatic rings. The van der Waals surface area contributed by atoms with Gasteiger partial charge in [0.05, 0.1) is 5.56 Å². The number of aryl methyl sites for hydroxylation is 2. The zero-order valence-electron chi connectivity index (χ0n) is 15.1. The van der Waals surface area contributed by atoms with Crippen LogP contribution in [0.2, 0.25) is 0 Å². The van der Waals surface area contributed by atoms with Crippen molar-refractivity contribution in [3.05, 3.63) is 75.6 Å². The number of nitrogens with zero attached hydrogens (tertiary/aromatic N) is 2. The van der Waals surface area contributed by atoms with Crippen LogP contribution in [0, 0.1) is 6.92 Å². The first-order chi connectivity index (χ1) is 12.6. The zero-order chi connectivity index (χ0) is 18.5. The van der Waals surface area contributed by atoms with E-state index >= 15 is 0 Å². The van der Waals surface area contributed by atoms with E-state index in [1.54, 1.807) is 6.20 Å². The Morgan fingerprint density at radius 1 is 1.15 bits per heavy atom. The van der Waals surface area contributed by atoms with E-state index in [1.807, 2.05) is 43.3 Å². The topological polar surface area (TPSA) is 78.9 Å². The van der Waals surface area contributed by atoms with Crippen molar-refractivity contribution in [1.29, 1.82) is 0 Å². The molecule has 0 unspecified atom stereocenters. The van der Waals surface area contributed by atoms with Crippen molar-refractivity contribution in [2.75, 3.05) is 0 Å². The van der Waals surface area contributed by atoms with E-state index in [0.29, 0.717) is 24.2 Å². The Balaban J connectivity index is 1.81. The highest BCUT2D eigenvalue weighted by Gasteiger charge is 2.12. The molecule has 26 heavy (non-hydrogen) atoms. The van der Waals surface area contributed by atoms with E-state index in [2.05, 4.69) is 21.9 Å². The van der Waals surface area contributed by atoms with Crippen LogP contribution in [0.1, 0.15) is 42.4 Å². The standard InChI is InChI=1S/C21H23N3O2/c1-3-4-7-19-23-20(25)18(21(26)24-19)13-15-8-10-16(11-9-15)17-6-5-12-22-14(17)2/h5-6,8-12H,3-4,7,13H2,1-2H3,(H2,23,24,25,26). The van der Waals surface area contributed by atoms with Crippen LogP contribution in [0.25, 0.3) is 11.1 Å². The Morgan fingerprint density at radius 2 is 1.92 bits per heavy atom. The predicted molar refractivity (Wildman–Crippen MR) is 102 cm³/mol. The van der Waals surface area contributed by atoms with Crippen molar-refractivity contribution in [2.24, 2.45) is 0 Å². The van der Waals surface area contributed by atoms with Crippen molar-refractivity contribution in [2.45, 2.75) is 39.5 Å². The Morgan fingerprint density at radius 3 is 2.58 bits per heavy atom. The molecule has 2 N–H and O–H groups in total. The van der Waals surface area contributed by atoms with Crippen LogP contribution in [0.4, 0.5) is 0 Å². The van der Waals surface area contributed by atoms with Gasteiger partial charge in [-0.05, 0) is 30.5 Å². The lowest BCUT2D eigenvalue weighted by atomic mass is 10.0. The number of hydrogen-bond donors (Lipinski definition) is 2. The third kappa shape index (κ3) is 3.99. The number of pyridine rings is 1. The van der Waals surface area contributed by atoms with Crippen LogP contribution in [0.15, 0.2) is 47.4 Å². The number of H-pyrrole nitrogens is 1. The smallest absolute Gasteiger partial charge is 0.258 e. The van der Waals surface area contributed by atoms with Gasteiger partial charge in [0, 0.05) is 30.3 Å². The summed E-state index contributed by atoms with van der Waals surface area (Å²) in [6.45, 7) is 4.05. The van der Waals surface area contributed by atoms with E-state index in [9.17, 15) is 9.90 Å². The second-order valence-electron chi connectivity index (χ2n) is 6.43. The fourth-order valence-corrected chi connectivity index (χ4v) is 2.95. The summed E-state index contributed by atoms with van der Waals surface area (Å²) in [6.07, 6.45) is 4.72. The highest BCUT2D eigenvalue weighted by Crippen LogP contribution is 2.23. The summed E-state index contributed by atoms with van der Waals surface area (Å²) in [5, 5.41) is 10.2. The Hall–Kier alpha value is -2.95. The van der Waals surface area contributed by atoms with Crippen molar-refractivity contribution < 1.29 is 5.11 Å². The summed E-state index contributed by atoms with van der Waals surface area (Å²) in [5.74, 6) is 0.368. The van der Waals surface area contributed by atoms with E-state index in [0.717, 1.165) is 35.2 Å².